The van der Waals surface area contributed by atoms with Crippen LogP contribution in [0.3, 0.4) is 0 Å². The fraction of sp³-hybridized carbons (Fsp3) is 0.300. The van der Waals surface area contributed by atoms with Crippen LogP contribution in [0.25, 0.3) is 0 Å². The molecule has 82 valence electrons. The van der Waals surface area contributed by atoms with Crippen molar-refractivity contribution >= 4 is 29.0 Å². The molecule has 0 bridgehead atoms. The van der Waals surface area contributed by atoms with Gasteiger partial charge in [0.15, 0.2) is 5.78 Å². The number of carbonyl (C=O) groups excluding carboxylic acids is 1. The molecule has 0 saturated carbocycles. The number of benzene rings is 1. The average molecular weight is 248 g/mol. The number of hydrogen-bond donors (Lipinski definition) is 1. The van der Waals surface area contributed by atoms with Gasteiger partial charge in [0, 0.05) is 12.1 Å². The molecule has 0 spiro atoms. The van der Waals surface area contributed by atoms with Gasteiger partial charge in [0.2, 0.25) is 0 Å². The number of Topliss-reactive ketones (excluding diaryl/α,β-unsaturated/α-hetero) is 1. The van der Waals surface area contributed by atoms with Crippen molar-refractivity contribution < 1.29 is 9.53 Å². The van der Waals surface area contributed by atoms with Crippen LogP contribution >= 0.6 is 23.2 Å². The van der Waals surface area contributed by atoms with Gasteiger partial charge in [0.1, 0.15) is 6.61 Å². The van der Waals surface area contributed by atoms with Crippen LogP contribution < -0.4 is 5.73 Å². The summed E-state index contributed by atoms with van der Waals surface area (Å²) in [4.78, 5) is 11.6. The predicted molar refractivity (Wildman–Crippen MR) is 60.7 cm³/mol. The molecule has 0 unspecified atom stereocenters. The second-order valence-corrected chi connectivity index (χ2v) is 3.65. The van der Waals surface area contributed by atoms with E-state index in [1.807, 2.05) is 0 Å². The van der Waals surface area contributed by atoms with E-state index in [0.717, 1.165) is 0 Å². The van der Waals surface area contributed by atoms with Gasteiger partial charge in [-0.3, -0.25) is 4.79 Å². The molecule has 0 fully saturated rings. The molecule has 5 heteroatoms. The smallest absolute Gasteiger partial charge is 0.190 e. The zero-order chi connectivity index (χ0) is 11.3. The van der Waals surface area contributed by atoms with E-state index in [9.17, 15) is 4.79 Å². The van der Waals surface area contributed by atoms with Crippen molar-refractivity contribution in [2.24, 2.45) is 5.73 Å². The SMILES string of the molecule is NCCOCC(=O)c1cccc(Cl)c1Cl. The molecule has 0 atom stereocenters. The average Bonchev–Trinajstić information content (AvgIpc) is 2.22. The van der Waals surface area contributed by atoms with E-state index >= 15 is 0 Å². The lowest BCUT2D eigenvalue weighted by atomic mass is 10.1. The molecule has 1 rings (SSSR count). The molecule has 0 radical (unpaired) electrons. The maximum absolute atomic E-state index is 11.6. The fourth-order valence-electron chi connectivity index (χ4n) is 1.05. The molecule has 0 aliphatic heterocycles. The molecule has 1 aromatic carbocycles. The van der Waals surface area contributed by atoms with Crippen molar-refractivity contribution in [2.75, 3.05) is 19.8 Å². The molecule has 3 nitrogen and oxygen atoms in total. The van der Waals surface area contributed by atoms with Crippen molar-refractivity contribution in [3.8, 4) is 0 Å². The van der Waals surface area contributed by atoms with Crippen LogP contribution in [-0.4, -0.2) is 25.5 Å². The quantitative estimate of drug-likeness (QED) is 0.641. The Kier molecular flexibility index (Phi) is 5.05. The molecule has 15 heavy (non-hydrogen) atoms. The summed E-state index contributed by atoms with van der Waals surface area (Å²) in [5, 5.41) is 0.627. The first-order chi connectivity index (χ1) is 7.16. The molecular weight excluding hydrogens is 237 g/mol. The van der Waals surface area contributed by atoms with Gasteiger partial charge in [-0.1, -0.05) is 29.3 Å². The zero-order valence-electron chi connectivity index (χ0n) is 8.00. The highest BCUT2D eigenvalue weighted by Crippen LogP contribution is 2.25. The summed E-state index contributed by atoms with van der Waals surface area (Å²) in [7, 11) is 0. The minimum atomic E-state index is -0.198. The Labute approximate surface area is 98.1 Å². The van der Waals surface area contributed by atoms with Gasteiger partial charge in [-0.15, -0.1) is 0 Å². The van der Waals surface area contributed by atoms with E-state index in [0.29, 0.717) is 23.7 Å². The monoisotopic (exact) mass is 247 g/mol. The molecule has 0 aliphatic carbocycles. The number of carbonyl (C=O) groups is 1. The van der Waals surface area contributed by atoms with Crippen molar-refractivity contribution in [1.82, 2.24) is 0 Å². The number of ether oxygens (including phenoxy) is 1. The summed E-state index contributed by atoms with van der Waals surface area (Å²) < 4.78 is 5.02. The van der Waals surface area contributed by atoms with E-state index in [1.54, 1.807) is 18.2 Å². The van der Waals surface area contributed by atoms with Crippen LogP contribution in [0, 0.1) is 0 Å². The van der Waals surface area contributed by atoms with Gasteiger partial charge >= 0.3 is 0 Å². The lowest BCUT2D eigenvalue weighted by molar-refractivity contribution is 0.0774. The first kappa shape index (κ1) is 12.5. The Balaban J connectivity index is 2.69. The number of ketones is 1. The Morgan fingerprint density at radius 1 is 1.40 bits per heavy atom. The minimum Gasteiger partial charge on any atom is -0.372 e. The van der Waals surface area contributed by atoms with Crippen LogP contribution in [0.2, 0.25) is 10.0 Å². The number of rotatable bonds is 5. The summed E-state index contributed by atoms with van der Waals surface area (Å²) in [6.45, 7) is 0.706. The highest BCUT2D eigenvalue weighted by atomic mass is 35.5. The molecule has 0 aliphatic rings. The van der Waals surface area contributed by atoms with E-state index < -0.39 is 0 Å². The van der Waals surface area contributed by atoms with E-state index in [1.165, 1.54) is 0 Å². The lowest BCUT2D eigenvalue weighted by Gasteiger charge is -2.05. The van der Waals surface area contributed by atoms with Crippen LogP contribution in [0.5, 0.6) is 0 Å². The summed E-state index contributed by atoms with van der Waals surface area (Å²) >= 11 is 11.6. The third-order valence-electron chi connectivity index (χ3n) is 1.75. The van der Waals surface area contributed by atoms with Gasteiger partial charge in [-0.2, -0.15) is 0 Å². The maximum atomic E-state index is 11.6. The largest absolute Gasteiger partial charge is 0.372 e. The predicted octanol–water partition coefficient (Wildman–Crippen LogP) is 2.15. The van der Waals surface area contributed by atoms with Crippen LogP contribution in [-0.2, 0) is 4.74 Å². The van der Waals surface area contributed by atoms with Gasteiger partial charge in [0.25, 0.3) is 0 Å². The lowest BCUT2D eigenvalue weighted by Crippen LogP contribution is -2.15. The zero-order valence-corrected chi connectivity index (χ0v) is 9.52. The topological polar surface area (TPSA) is 52.3 Å². The molecule has 0 heterocycles. The summed E-state index contributed by atoms with van der Waals surface area (Å²) in [5.74, 6) is -0.198. The molecule has 0 amide bonds. The van der Waals surface area contributed by atoms with Crippen molar-refractivity contribution in [1.29, 1.82) is 0 Å². The molecule has 0 aromatic heterocycles. The number of halogens is 2. The Morgan fingerprint density at radius 2 is 2.13 bits per heavy atom. The number of nitrogens with two attached hydrogens (primary N) is 1. The third-order valence-corrected chi connectivity index (χ3v) is 2.57. The summed E-state index contributed by atoms with van der Waals surface area (Å²) in [6.07, 6.45) is 0. The second kappa shape index (κ2) is 6.08. The Hall–Kier alpha value is -0.610. The summed E-state index contributed by atoms with van der Waals surface area (Å²) in [5.41, 5.74) is 5.60. The van der Waals surface area contributed by atoms with Crippen LogP contribution in [0.4, 0.5) is 0 Å². The summed E-state index contributed by atoms with van der Waals surface area (Å²) in [6, 6.07) is 4.91. The van der Waals surface area contributed by atoms with Crippen molar-refractivity contribution in [2.45, 2.75) is 0 Å². The van der Waals surface area contributed by atoms with Crippen LogP contribution in [0.1, 0.15) is 10.4 Å². The fourth-order valence-corrected chi connectivity index (χ4v) is 1.45. The normalized spacial score (nSPS) is 10.3. The van der Waals surface area contributed by atoms with E-state index in [2.05, 4.69) is 0 Å². The van der Waals surface area contributed by atoms with Gasteiger partial charge in [-0.25, -0.2) is 0 Å². The highest BCUT2D eigenvalue weighted by molar-refractivity contribution is 6.43. The van der Waals surface area contributed by atoms with E-state index in [-0.39, 0.29) is 17.4 Å². The van der Waals surface area contributed by atoms with Crippen molar-refractivity contribution in [3.63, 3.8) is 0 Å². The van der Waals surface area contributed by atoms with Crippen molar-refractivity contribution in [3.05, 3.63) is 33.8 Å². The minimum absolute atomic E-state index is 0.0305. The third kappa shape index (κ3) is 3.47. The Morgan fingerprint density at radius 3 is 2.80 bits per heavy atom. The Bertz CT molecular complexity index is 355. The molecule has 2 N–H and O–H groups in total. The highest BCUT2D eigenvalue weighted by Gasteiger charge is 2.12. The van der Waals surface area contributed by atoms with E-state index in [4.69, 9.17) is 33.7 Å². The molecule has 1 aromatic rings. The maximum Gasteiger partial charge on any atom is 0.190 e. The second-order valence-electron chi connectivity index (χ2n) is 2.87. The molecule has 0 saturated heterocycles. The van der Waals surface area contributed by atoms with Crippen LogP contribution in [0.15, 0.2) is 18.2 Å². The molecular formula is C10H11Cl2NO2. The van der Waals surface area contributed by atoms with Gasteiger partial charge in [0.05, 0.1) is 16.7 Å². The van der Waals surface area contributed by atoms with Gasteiger partial charge in [-0.05, 0) is 12.1 Å². The van der Waals surface area contributed by atoms with Gasteiger partial charge < -0.3 is 10.5 Å². The first-order valence-corrected chi connectivity index (χ1v) is 5.17. The standard InChI is InChI=1S/C10H11Cl2NO2/c11-8-3-1-2-7(10(8)12)9(14)6-15-5-4-13/h1-3H,4-6,13H2. The first-order valence-electron chi connectivity index (χ1n) is 4.42. The number of hydrogen-bond acceptors (Lipinski definition) is 3.